The first-order valence-corrected chi connectivity index (χ1v) is 6.63. The van der Waals surface area contributed by atoms with Crippen molar-refractivity contribution in [3.63, 3.8) is 0 Å². The fourth-order valence-corrected chi connectivity index (χ4v) is 2.34. The van der Waals surface area contributed by atoms with E-state index >= 15 is 0 Å². The third kappa shape index (κ3) is 3.21. The summed E-state index contributed by atoms with van der Waals surface area (Å²) in [6.07, 6.45) is 4.21. The predicted octanol–water partition coefficient (Wildman–Crippen LogP) is 1.93. The van der Waals surface area contributed by atoms with Gasteiger partial charge in [0.05, 0.1) is 5.41 Å². The average Bonchev–Trinajstić information content (AvgIpc) is 2.75. The molecule has 0 aromatic heterocycles. The van der Waals surface area contributed by atoms with Crippen LogP contribution in [0.5, 0.6) is 0 Å². The summed E-state index contributed by atoms with van der Waals surface area (Å²) in [4.78, 5) is 12.2. The van der Waals surface area contributed by atoms with Crippen LogP contribution in [0.15, 0.2) is 0 Å². The molecule has 0 spiro atoms. The average molecular weight is 226 g/mol. The molecule has 3 heteroatoms. The summed E-state index contributed by atoms with van der Waals surface area (Å²) in [5, 5.41) is 6.44. The molecule has 2 unspecified atom stereocenters. The van der Waals surface area contributed by atoms with Gasteiger partial charge in [-0.15, -0.1) is 0 Å². The topological polar surface area (TPSA) is 41.1 Å². The van der Waals surface area contributed by atoms with Crippen LogP contribution in [0.1, 0.15) is 46.5 Å². The van der Waals surface area contributed by atoms with Gasteiger partial charge in [-0.1, -0.05) is 33.6 Å². The molecule has 94 valence electrons. The lowest BCUT2D eigenvalue weighted by molar-refractivity contribution is -0.130. The van der Waals surface area contributed by atoms with E-state index in [9.17, 15) is 4.79 Å². The Bertz CT molecular complexity index is 222. The monoisotopic (exact) mass is 226 g/mol. The summed E-state index contributed by atoms with van der Waals surface area (Å²) < 4.78 is 0. The maximum absolute atomic E-state index is 12.2. The minimum absolute atomic E-state index is 0.123. The van der Waals surface area contributed by atoms with Crippen molar-refractivity contribution in [1.29, 1.82) is 0 Å². The second kappa shape index (κ2) is 6.24. The van der Waals surface area contributed by atoms with Gasteiger partial charge < -0.3 is 10.6 Å². The van der Waals surface area contributed by atoms with Crippen molar-refractivity contribution < 1.29 is 4.79 Å². The Labute approximate surface area is 99.4 Å². The van der Waals surface area contributed by atoms with E-state index in [4.69, 9.17) is 0 Å². The Morgan fingerprint density at radius 3 is 2.75 bits per heavy atom. The first-order valence-electron chi connectivity index (χ1n) is 6.63. The van der Waals surface area contributed by atoms with Crippen molar-refractivity contribution in [3.8, 4) is 0 Å². The molecular weight excluding hydrogens is 200 g/mol. The molecule has 3 nitrogen and oxygen atoms in total. The van der Waals surface area contributed by atoms with Crippen LogP contribution < -0.4 is 10.6 Å². The highest BCUT2D eigenvalue weighted by Crippen LogP contribution is 2.31. The molecule has 0 aliphatic carbocycles. The van der Waals surface area contributed by atoms with Crippen LogP contribution in [0.2, 0.25) is 0 Å². The van der Waals surface area contributed by atoms with E-state index in [1.54, 1.807) is 0 Å². The number of carbonyl (C=O) groups excluding carboxylic acids is 1. The maximum Gasteiger partial charge on any atom is 0.227 e. The molecule has 0 saturated carbocycles. The van der Waals surface area contributed by atoms with Gasteiger partial charge in [-0.05, 0) is 25.3 Å². The van der Waals surface area contributed by atoms with Gasteiger partial charge in [0.2, 0.25) is 5.91 Å². The minimum Gasteiger partial charge on any atom is -0.355 e. The van der Waals surface area contributed by atoms with Crippen molar-refractivity contribution in [3.05, 3.63) is 0 Å². The second-order valence-corrected chi connectivity index (χ2v) is 5.18. The van der Waals surface area contributed by atoms with Gasteiger partial charge in [-0.3, -0.25) is 4.79 Å². The first kappa shape index (κ1) is 13.5. The number of hydrogen-bond acceptors (Lipinski definition) is 2. The summed E-state index contributed by atoms with van der Waals surface area (Å²) >= 11 is 0. The van der Waals surface area contributed by atoms with Crippen molar-refractivity contribution >= 4 is 5.91 Å². The molecule has 2 N–H and O–H groups in total. The zero-order chi connectivity index (χ0) is 12.0. The Hall–Kier alpha value is -0.570. The molecule has 0 bridgehead atoms. The van der Waals surface area contributed by atoms with E-state index in [1.165, 1.54) is 0 Å². The van der Waals surface area contributed by atoms with E-state index in [0.29, 0.717) is 5.92 Å². The van der Waals surface area contributed by atoms with Crippen LogP contribution in [0.25, 0.3) is 0 Å². The summed E-state index contributed by atoms with van der Waals surface area (Å²) in [6.45, 7) is 9.15. The van der Waals surface area contributed by atoms with E-state index in [0.717, 1.165) is 45.3 Å². The van der Waals surface area contributed by atoms with Gasteiger partial charge in [0.15, 0.2) is 0 Å². The standard InChI is InChI=1S/C13H26N2O/c1-4-6-13(7-8-14-10-13)12(16)15-9-11(3)5-2/h11,14H,4-10H2,1-3H3,(H,15,16). The summed E-state index contributed by atoms with van der Waals surface area (Å²) in [5.74, 6) is 0.844. The normalized spacial score (nSPS) is 26.7. The number of nitrogens with one attached hydrogen (secondary N) is 2. The van der Waals surface area contributed by atoms with Crippen LogP contribution in [0, 0.1) is 11.3 Å². The highest BCUT2D eigenvalue weighted by atomic mass is 16.2. The lowest BCUT2D eigenvalue weighted by atomic mass is 9.81. The fraction of sp³-hybridized carbons (Fsp3) is 0.923. The minimum atomic E-state index is -0.123. The van der Waals surface area contributed by atoms with Crippen molar-refractivity contribution in [2.75, 3.05) is 19.6 Å². The Morgan fingerprint density at radius 1 is 1.50 bits per heavy atom. The Morgan fingerprint density at radius 2 is 2.25 bits per heavy atom. The highest BCUT2D eigenvalue weighted by molar-refractivity contribution is 5.83. The fourth-order valence-electron chi connectivity index (χ4n) is 2.34. The van der Waals surface area contributed by atoms with Gasteiger partial charge in [0, 0.05) is 13.1 Å². The van der Waals surface area contributed by atoms with Crippen LogP contribution in [0.4, 0.5) is 0 Å². The van der Waals surface area contributed by atoms with Crippen molar-refractivity contribution in [1.82, 2.24) is 10.6 Å². The molecule has 0 aromatic carbocycles. The number of hydrogen-bond donors (Lipinski definition) is 2. The summed E-state index contributed by atoms with van der Waals surface area (Å²) in [5.41, 5.74) is -0.123. The number of carbonyl (C=O) groups is 1. The molecule has 1 fully saturated rings. The summed E-state index contributed by atoms with van der Waals surface area (Å²) in [7, 11) is 0. The molecule has 2 atom stereocenters. The van der Waals surface area contributed by atoms with E-state index < -0.39 is 0 Å². The molecule has 1 saturated heterocycles. The van der Waals surface area contributed by atoms with Crippen LogP contribution in [-0.2, 0) is 4.79 Å². The van der Waals surface area contributed by atoms with Gasteiger partial charge in [0.1, 0.15) is 0 Å². The lowest BCUT2D eigenvalue weighted by Gasteiger charge is -2.27. The van der Waals surface area contributed by atoms with E-state index in [-0.39, 0.29) is 11.3 Å². The van der Waals surface area contributed by atoms with Gasteiger partial charge in [-0.2, -0.15) is 0 Å². The van der Waals surface area contributed by atoms with Crippen LogP contribution >= 0.6 is 0 Å². The zero-order valence-electron chi connectivity index (χ0n) is 10.9. The third-order valence-corrected chi connectivity index (χ3v) is 3.76. The number of rotatable bonds is 6. The molecule has 0 radical (unpaired) electrons. The zero-order valence-corrected chi connectivity index (χ0v) is 10.9. The van der Waals surface area contributed by atoms with Gasteiger partial charge in [0.25, 0.3) is 0 Å². The van der Waals surface area contributed by atoms with Crippen molar-refractivity contribution in [2.24, 2.45) is 11.3 Å². The first-order chi connectivity index (χ1) is 7.64. The molecule has 0 aromatic rings. The predicted molar refractivity (Wildman–Crippen MR) is 67.3 cm³/mol. The molecule has 1 aliphatic heterocycles. The Kier molecular flexibility index (Phi) is 5.26. The quantitative estimate of drug-likeness (QED) is 0.726. The van der Waals surface area contributed by atoms with Crippen molar-refractivity contribution in [2.45, 2.75) is 46.5 Å². The van der Waals surface area contributed by atoms with Gasteiger partial charge in [-0.25, -0.2) is 0 Å². The largest absolute Gasteiger partial charge is 0.355 e. The van der Waals surface area contributed by atoms with Crippen LogP contribution in [-0.4, -0.2) is 25.5 Å². The molecule has 1 aliphatic rings. The molecule has 1 rings (SSSR count). The molecular formula is C13H26N2O. The summed E-state index contributed by atoms with van der Waals surface area (Å²) in [6, 6.07) is 0. The third-order valence-electron chi connectivity index (χ3n) is 3.76. The maximum atomic E-state index is 12.2. The lowest BCUT2D eigenvalue weighted by Crippen LogP contribution is -2.43. The molecule has 1 heterocycles. The molecule has 16 heavy (non-hydrogen) atoms. The van der Waals surface area contributed by atoms with Crippen LogP contribution in [0.3, 0.4) is 0 Å². The number of amides is 1. The highest BCUT2D eigenvalue weighted by Gasteiger charge is 2.39. The smallest absolute Gasteiger partial charge is 0.227 e. The Balaban J connectivity index is 2.48. The van der Waals surface area contributed by atoms with E-state index in [2.05, 4.69) is 31.4 Å². The van der Waals surface area contributed by atoms with E-state index in [1.807, 2.05) is 0 Å². The molecule has 1 amide bonds. The van der Waals surface area contributed by atoms with Gasteiger partial charge >= 0.3 is 0 Å². The second-order valence-electron chi connectivity index (χ2n) is 5.18. The SMILES string of the molecule is CCCC1(C(=O)NCC(C)CC)CCNC1.